The average molecular weight is 184 g/mol. The van der Waals surface area contributed by atoms with Crippen molar-refractivity contribution in [3.63, 3.8) is 0 Å². The Balaban J connectivity index is 3.03. The molecule has 0 spiro atoms. The van der Waals surface area contributed by atoms with Crippen LogP contribution in [0.25, 0.3) is 0 Å². The number of nitrogens with zero attached hydrogens (tertiary/aromatic N) is 1. The smallest absolute Gasteiger partial charge is 0.151 e. The Morgan fingerprint density at radius 3 is 2.69 bits per heavy atom. The molecule has 13 heavy (non-hydrogen) atoms. The maximum absolute atomic E-state index is 12.9. The fourth-order valence-corrected chi connectivity index (χ4v) is 0.806. The number of hydrogen-bond acceptors (Lipinski definition) is 1. The molecule has 1 aromatic rings. The van der Waals surface area contributed by atoms with Gasteiger partial charge >= 0.3 is 0 Å². The fourth-order valence-electron chi connectivity index (χ4n) is 0.806. The number of halogens is 2. The first-order valence-corrected chi connectivity index (χ1v) is 3.91. The van der Waals surface area contributed by atoms with Gasteiger partial charge in [-0.2, -0.15) is 0 Å². The van der Waals surface area contributed by atoms with Gasteiger partial charge in [-0.1, -0.05) is 6.92 Å². The van der Waals surface area contributed by atoms with E-state index in [9.17, 15) is 8.78 Å². The van der Waals surface area contributed by atoms with Crippen molar-refractivity contribution in [1.82, 2.24) is 0 Å². The van der Waals surface area contributed by atoms with Gasteiger partial charge in [0.15, 0.2) is 5.82 Å². The summed E-state index contributed by atoms with van der Waals surface area (Å²) in [6.45, 7) is 1.81. The Hall–Kier alpha value is -1.45. The third kappa shape index (κ3) is 2.50. The molecule has 0 fully saturated rings. The molecule has 2 nitrogen and oxygen atoms in total. The lowest BCUT2D eigenvalue weighted by molar-refractivity contribution is 0.585. The monoisotopic (exact) mass is 184 g/mol. The second-order valence-corrected chi connectivity index (χ2v) is 2.55. The van der Waals surface area contributed by atoms with E-state index in [4.69, 9.17) is 5.73 Å². The number of nitrogens with two attached hydrogens (primary N) is 1. The number of rotatable bonds is 2. The van der Waals surface area contributed by atoms with Gasteiger partial charge in [-0.05, 0) is 12.1 Å². The molecule has 0 bridgehead atoms. The normalized spacial score (nSPS) is 11.8. The van der Waals surface area contributed by atoms with E-state index >= 15 is 0 Å². The zero-order valence-corrected chi connectivity index (χ0v) is 7.22. The molecule has 0 amide bonds. The van der Waals surface area contributed by atoms with Crippen LogP contribution in [0.3, 0.4) is 0 Å². The van der Waals surface area contributed by atoms with Crippen LogP contribution in [0.5, 0.6) is 0 Å². The SMILES string of the molecule is CCC(N)=Nc1ccc(F)cc1F. The van der Waals surface area contributed by atoms with Crippen molar-refractivity contribution < 1.29 is 8.78 Å². The van der Waals surface area contributed by atoms with Gasteiger partial charge in [-0.25, -0.2) is 13.8 Å². The summed E-state index contributed by atoms with van der Waals surface area (Å²) in [4.78, 5) is 3.77. The van der Waals surface area contributed by atoms with E-state index in [0.717, 1.165) is 12.1 Å². The van der Waals surface area contributed by atoms with Gasteiger partial charge in [0.05, 0.1) is 5.84 Å². The first-order valence-electron chi connectivity index (χ1n) is 3.91. The molecule has 0 aliphatic rings. The minimum atomic E-state index is -0.698. The summed E-state index contributed by atoms with van der Waals surface area (Å²) < 4.78 is 25.4. The summed E-state index contributed by atoms with van der Waals surface area (Å²) in [5.74, 6) is -0.992. The quantitative estimate of drug-likeness (QED) is 0.556. The van der Waals surface area contributed by atoms with Gasteiger partial charge in [0, 0.05) is 12.5 Å². The predicted molar refractivity (Wildman–Crippen MR) is 47.9 cm³/mol. The zero-order valence-electron chi connectivity index (χ0n) is 7.22. The highest BCUT2D eigenvalue weighted by Gasteiger charge is 2.01. The first-order chi connectivity index (χ1) is 6.13. The summed E-state index contributed by atoms with van der Waals surface area (Å²) in [5.41, 5.74) is 5.47. The van der Waals surface area contributed by atoms with Crippen molar-refractivity contribution in [2.24, 2.45) is 10.7 Å². The van der Waals surface area contributed by atoms with Crippen molar-refractivity contribution in [1.29, 1.82) is 0 Å². The summed E-state index contributed by atoms with van der Waals surface area (Å²) in [6, 6.07) is 3.18. The highest BCUT2D eigenvalue weighted by Crippen LogP contribution is 2.18. The summed E-state index contributed by atoms with van der Waals surface area (Å²) in [5, 5.41) is 0. The van der Waals surface area contributed by atoms with E-state index in [1.807, 2.05) is 0 Å². The summed E-state index contributed by atoms with van der Waals surface area (Å²) in [7, 11) is 0. The molecular weight excluding hydrogens is 174 g/mol. The van der Waals surface area contributed by atoms with Crippen LogP contribution >= 0.6 is 0 Å². The highest BCUT2D eigenvalue weighted by atomic mass is 19.1. The molecule has 0 saturated carbocycles. The van der Waals surface area contributed by atoms with Crippen LogP contribution in [0.15, 0.2) is 23.2 Å². The average Bonchev–Trinajstić information content (AvgIpc) is 2.09. The number of benzene rings is 1. The van der Waals surface area contributed by atoms with E-state index in [2.05, 4.69) is 4.99 Å². The minimum Gasteiger partial charge on any atom is -0.387 e. The lowest BCUT2D eigenvalue weighted by atomic mass is 10.3. The predicted octanol–water partition coefficient (Wildman–Crippen LogP) is 2.36. The number of amidine groups is 1. The molecule has 0 aliphatic carbocycles. The Bertz CT molecular complexity index is 334. The van der Waals surface area contributed by atoms with Crippen LogP contribution in [0.4, 0.5) is 14.5 Å². The van der Waals surface area contributed by atoms with E-state index in [1.165, 1.54) is 6.07 Å². The Labute approximate surface area is 75.1 Å². The van der Waals surface area contributed by atoms with E-state index in [-0.39, 0.29) is 5.69 Å². The molecule has 0 atom stereocenters. The molecule has 0 heterocycles. The summed E-state index contributed by atoms with van der Waals surface area (Å²) in [6.07, 6.45) is 0.539. The Morgan fingerprint density at radius 1 is 1.46 bits per heavy atom. The van der Waals surface area contributed by atoms with Crippen LogP contribution in [0, 0.1) is 11.6 Å². The molecule has 4 heteroatoms. The van der Waals surface area contributed by atoms with Gasteiger partial charge in [0.1, 0.15) is 11.5 Å². The van der Waals surface area contributed by atoms with Crippen molar-refractivity contribution in [2.45, 2.75) is 13.3 Å². The van der Waals surface area contributed by atoms with Crippen LogP contribution in [0.1, 0.15) is 13.3 Å². The second kappa shape index (κ2) is 3.98. The largest absolute Gasteiger partial charge is 0.387 e. The van der Waals surface area contributed by atoms with Crippen LogP contribution in [0.2, 0.25) is 0 Å². The molecule has 0 saturated heterocycles. The van der Waals surface area contributed by atoms with Gasteiger partial charge in [-0.15, -0.1) is 0 Å². The molecule has 1 rings (SSSR count). The van der Waals surface area contributed by atoms with E-state index in [0.29, 0.717) is 12.3 Å². The number of aliphatic imine (C=N–C) groups is 1. The molecule has 0 aliphatic heterocycles. The topological polar surface area (TPSA) is 38.4 Å². The van der Waals surface area contributed by atoms with Crippen molar-refractivity contribution in [3.05, 3.63) is 29.8 Å². The third-order valence-corrected chi connectivity index (χ3v) is 1.54. The van der Waals surface area contributed by atoms with Crippen LogP contribution in [-0.2, 0) is 0 Å². The molecule has 2 N–H and O–H groups in total. The molecule has 1 aromatic carbocycles. The van der Waals surface area contributed by atoms with Gasteiger partial charge in [0.2, 0.25) is 0 Å². The fraction of sp³-hybridized carbons (Fsp3) is 0.222. The number of hydrogen-bond donors (Lipinski definition) is 1. The molecule has 70 valence electrons. The second-order valence-electron chi connectivity index (χ2n) is 2.55. The van der Waals surface area contributed by atoms with Gasteiger partial charge in [0.25, 0.3) is 0 Å². The van der Waals surface area contributed by atoms with Crippen molar-refractivity contribution >= 4 is 11.5 Å². The Kier molecular flexibility index (Phi) is 2.95. The van der Waals surface area contributed by atoms with Crippen molar-refractivity contribution in [2.75, 3.05) is 0 Å². The zero-order chi connectivity index (χ0) is 9.84. The van der Waals surface area contributed by atoms with Crippen LogP contribution < -0.4 is 5.73 Å². The van der Waals surface area contributed by atoms with Gasteiger partial charge in [-0.3, -0.25) is 0 Å². The molecule has 0 radical (unpaired) electrons. The standard InChI is InChI=1S/C9H10F2N2/c1-2-9(12)13-8-4-3-6(10)5-7(8)11/h3-5H,2H2,1H3,(H2,12,13). The highest BCUT2D eigenvalue weighted by molar-refractivity contribution is 5.82. The van der Waals surface area contributed by atoms with Crippen molar-refractivity contribution in [3.8, 4) is 0 Å². The van der Waals surface area contributed by atoms with Crippen LogP contribution in [-0.4, -0.2) is 5.84 Å². The van der Waals surface area contributed by atoms with Gasteiger partial charge < -0.3 is 5.73 Å². The maximum Gasteiger partial charge on any atom is 0.151 e. The first kappa shape index (κ1) is 9.64. The lowest BCUT2D eigenvalue weighted by Gasteiger charge is -1.98. The third-order valence-electron chi connectivity index (χ3n) is 1.54. The molecular formula is C9H10F2N2. The molecule has 0 unspecified atom stereocenters. The lowest BCUT2D eigenvalue weighted by Crippen LogP contribution is -2.08. The van der Waals surface area contributed by atoms with E-state index < -0.39 is 11.6 Å². The van der Waals surface area contributed by atoms with E-state index in [1.54, 1.807) is 6.92 Å². The Morgan fingerprint density at radius 2 is 2.15 bits per heavy atom. The molecule has 0 aromatic heterocycles. The minimum absolute atomic E-state index is 0.0701. The maximum atomic E-state index is 12.9. The summed E-state index contributed by atoms with van der Waals surface area (Å²) >= 11 is 0.